The molecule has 0 aliphatic carbocycles. The second kappa shape index (κ2) is 12.6. The minimum absolute atomic E-state index is 0.105. The van der Waals surface area contributed by atoms with E-state index in [2.05, 4.69) is 35.5 Å². The van der Waals surface area contributed by atoms with E-state index in [0.717, 1.165) is 19.3 Å². The molecular weight excluding hydrogens is 188 g/mol. The zero-order valence-electron chi connectivity index (χ0n) is 8.84. The SMILES string of the molecule is OCC#CCC#CCC#CCCCCO. The van der Waals surface area contributed by atoms with Crippen molar-refractivity contribution in [1.82, 2.24) is 0 Å². The average molecular weight is 204 g/mol. The molecule has 0 aromatic heterocycles. The lowest BCUT2D eigenvalue weighted by Crippen LogP contribution is -1.80. The van der Waals surface area contributed by atoms with Crippen LogP contribution in [-0.2, 0) is 0 Å². The van der Waals surface area contributed by atoms with Crippen molar-refractivity contribution in [3.63, 3.8) is 0 Å². The molecule has 0 fully saturated rings. The molecule has 2 nitrogen and oxygen atoms in total. The van der Waals surface area contributed by atoms with Crippen LogP contribution in [0, 0.1) is 35.5 Å². The molecule has 0 saturated heterocycles. The smallest absolute Gasteiger partial charge is 0.104 e. The first kappa shape index (κ1) is 13.6. The van der Waals surface area contributed by atoms with E-state index in [1.807, 2.05) is 0 Å². The van der Waals surface area contributed by atoms with Crippen molar-refractivity contribution in [3.05, 3.63) is 0 Å². The van der Waals surface area contributed by atoms with Crippen molar-refractivity contribution in [2.75, 3.05) is 13.2 Å². The van der Waals surface area contributed by atoms with Crippen LogP contribution in [0.1, 0.15) is 32.1 Å². The number of hydrogen-bond acceptors (Lipinski definition) is 2. The van der Waals surface area contributed by atoms with Crippen LogP contribution in [0.25, 0.3) is 0 Å². The van der Waals surface area contributed by atoms with Gasteiger partial charge in [0.2, 0.25) is 0 Å². The monoisotopic (exact) mass is 204 g/mol. The summed E-state index contributed by atoms with van der Waals surface area (Å²) in [4.78, 5) is 0. The van der Waals surface area contributed by atoms with Gasteiger partial charge in [0.15, 0.2) is 0 Å². The number of aliphatic hydroxyl groups is 2. The van der Waals surface area contributed by atoms with Crippen LogP contribution in [0.2, 0.25) is 0 Å². The third-order valence-corrected chi connectivity index (χ3v) is 1.52. The van der Waals surface area contributed by atoms with E-state index in [-0.39, 0.29) is 13.2 Å². The number of rotatable bonds is 3. The Morgan fingerprint density at radius 1 is 0.667 bits per heavy atom. The second-order valence-corrected chi connectivity index (χ2v) is 2.75. The predicted octanol–water partition coefficient (Wildman–Crippen LogP) is 0.932. The third-order valence-electron chi connectivity index (χ3n) is 1.52. The summed E-state index contributed by atoms with van der Waals surface area (Å²) in [5.41, 5.74) is 0. The molecule has 0 unspecified atom stereocenters. The summed E-state index contributed by atoms with van der Waals surface area (Å²) >= 11 is 0. The summed E-state index contributed by atoms with van der Waals surface area (Å²) in [5.74, 6) is 16.9. The average Bonchev–Trinajstić information content (AvgIpc) is 2.26. The summed E-state index contributed by atoms with van der Waals surface area (Å²) < 4.78 is 0. The van der Waals surface area contributed by atoms with Gasteiger partial charge in [-0.3, -0.25) is 0 Å². The third kappa shape index (κ3) is 12.6. The Morgan fingerprint density at radius 3 is 1.87 bits per heavy atom. The van der Waals surface area contributed by atoms with Crippen LogP contribution in [0.15, 0.2) is 0 Å². The molecule has 0 bridgehead atoms. The Morgan fingerprint density at radius 2 is 1.27 bits per heavy atom. The molecule has 0 amide bonds. The highest BCUT2D eigenvalue weighted by Crippen LogP contribution is 1.91. The van der Waals surface area contributed by atoms with Gasteiger partial charge in [-0.1, -0.05) is 29.6 Å². The summed E-state index contributed by atoms with van der Waals surface area (Å²) in [6.45, 7) is 0.136. The van der Waals surface area contributed by atoms with Crippen LogP contribution >= 0.6 is 0 Å². The van der Waals surface area contributed by atoms with Gasteiger partial charge in [-0.2, -0.15) is 0 Å². The topological polar surface area (TPSA) is 40.5 Å². The van der Waals surface area contributed by atoms with E-state index in [4.69, 9.17) is 10.2 Å². The highest BCUT2D eigenvalue weighted by Gasteiger charge is 1.80. The summed E-state index contributed by atoms with van der Waals surface area (Å²) in [7, 11) is 0. The molecule has 0 aliphatic rings. The molecule has 0 heterocycles. The molecule has 0 aliphatic heterocycles. The van der Waals surface area contributed by atoms with E-state index < -0.39 is 0 Å². The molecule has 0 atom stereocenters. The molecule has 0 rings (SSSR count). The van der Waals surface area contributed by atoms with Crippen molar-refractivity contribution >= 4 is 0 Å². The lowest BCUT2D eigenvalue weighted by atomic mass is 10.2. The quantitative estimate of drug-likeness (QED) is 0.530. The predicted molar refractivity (Wildman–Crippen MR) is 60.6 cm³/mol. The van der Waals surface area contributed by atoms with Crippen LogP contribution in [0.3, 0.4) is 0 Å². The first-order valence-electron chi connectivity index (χ1n) is 5.00. The Bertz CT molecular complexity index is 312. The molecule has 2 N–H and O–H groups in total. The number of unbranched alkanes of at least 4 members (excludes halogenated alkanes) is 2. The molecule has 0 aromatic rings. The molecule has 0 spiro atoms. The van der Waals surface area contributed by atoms with Gasteiger partial charge in [-0.25, -0.2) is 0 Å². The van der Waals surface area contributed by atoms with Gasteiger partial charge in [0.1, 0.15) is 6.61 Å². The van der Waals surface area contributed by atoms with Crippen molar-refractivity contribution in [3.8, 4) is 35.5 Å². The number of aliphatic hydroxyl groups excluding tert-OH is 2. The van der Waals surface area contributed by atoms with E-state index in [9.17, 15) is 0 Å². The summed E-state index contributed by atoms with van der Waals surface area (Å²) in [6.07, 6.45) is 3.65. The molecule has 0 aromatic carbocycles. The van der Waals surface area contributed by atoms with E-state index in [1.54, 1.807) is 0 Å². The van der Waals surface area contributed by atoms with Crippen LogP contribution in [0.5, 0.6) is 0 Å². The van der Waals surface area contributed by atoms with Crippen molar-refractivity contribution < 1.29 is 10.2 Å². The highest BCUT2D eigenvalue weighted by atomic mass is 16.3. The molecule has 0 radical (unpaired) electrons. The first-order chi connectivity index (χ1) is 7.41. The van der Waals surface area contributed by atoms with Crippen molar-refractivity contribution in [1.29, 1.82) is 0 Å². The first-order valence-corrected chi connectivity index (χ1v) is 5.00. The Balaban J connectivity index is 3.42. The summed E-state index contributed by atoms with van der Waals surface area (Å²) in [5, 5.41) is 16.9. The maximum atomic E-state index is 8.51. The van der Waals surface area contributed by atoms with Gasteiger partial charge in [0.05, 0.1) is 12.8 Å². The Labute approximate surface area is 91.7 Å². The van der Waals surface area contributed by atoms with E-state index >= 15 is 0 Å². The van der Waals surface area contributed by atoms with Gasteiger partial charge < -0.3 is 10.2 Å². The Hall–Kier alpha value is -1.40. The highest BCUT2D eigenvalue weighted by molar-refractivity contribution is 5.16. The summed E-state index contributed by atoms with van der Waals surface area (Å²) in [6, 6.07) is 0. The standard InChI is InChI=1S/C13H16O2/c14-12-10-8-6-4-2-1-3-5-7-9-11-13-15/h14-15H,1,6-8,10,12-13H2. The second-order valence-electron chi connectivity index (χ2n) is 2.75. The van der Waals surface area contributed by atoms with Crippen LogP contribution in [-0.4, -0.2) is 23.4 Å². The lowest BCUT2D eigenvalue weighted by Gasteiger charge is -1.87. The maximum Gasteiger partial charge on any atom is 0.104 e. The van der Waals surface area contributed by atoms with Gasteiger partial charge in [-0.05, 0) is 12.8 Å². The zero-order chi connectivity index (χ0) is 11.2. The van der Waals surface area contributed by atoms with Gasteiger partial charge in [-0.15, -0.1) is 5.92 Å². The molecule has 80 valence electrons. The zero-order valence-corrected chi connectivity index (χ0v) is 8.84. The van der Waals surface area contributed by atoms with E-state index in [1.165, 1.54) is 0 Å². The normalized spacial score (nSPS) is 7.60. The fourth-order valence-electron chi connectivity index (χ4n) is 0.808. The number of hydrogen-bond donors (Lipinski definition) is 2. The minimum Gasteiger partial charge on any atom is -0.396 e. The van der Waals surface area contributed by atoms with Gasteiger partial charge in [0.25, 0.3) is 0 Å². The van der Waals surface area contributed by atoms with Gasteiger partial charge in [0, 0.05) is 13.0 Å². The largest absolute Gasteiger partial charge is 0.396 e. The maximum absolute atomic E-state index is 8.51. The fourth-order valence-corrected chi connectivity index (χ4v) is 0.808. The van der Waals surface area contributed by atoms with Crippen LogP contribution in [0.4, 0.5) is 0 Å². The van der Waals surface area contributed by atoms with E-state index in [0.29, 0.717) is 12.8 Å². The van der Waals surface area contributed by atoms with Crippen molar-refractivity contribution in [2.24, 2.45) is 0 Å². The molecule has 0 saturated carbocycles. The molecule has 2 heteroatoms. The van der Waals surface area contributed by atoms with Gasteiger partial charge >= 0.3 is 0 Å². The lowest BCUT2D eigenvalue weighted by molar-refractivity contribution is 0.285. The fraction of sp³-hybridized carbons (Fsp3) is 0.538. The van der Waals surface area contributed by atoms with Crippen LogP contribution < -0.4 is 0 Å². The Kier molecular flexibility index (Phi) is 11.4. The molecule has 15 heavy (non-hydrogen) atoms. The van der Waals surface area contributed by atoms with Crippen molar-refractivity contribution in [2.45, 2.75) is 32.1 Å². The molecular formula is C13H16O2. The minimum atomic E-state index is -0.105.